The van der Waals surface area contributed by atoms with Crippen molar-refractivity contribution in [3.05, 3.63) is 106 Å². The molecule has 4 rings (SSSR count). The fourth-order valence-corrected chi connectivity index (χ4v) is 4.05. The molecule has 0 atom stereocenters. The average molecular weight is 483 g/mol. The maximum atomic E-state index is 12.6. The maximum Gasteiger partial charge on any atom is 0.266 e. The van der Waals surface area contributed by atoms with Gasteiger partial charge in [0.05, 0.1) is 12.1 Å². The van der Waals surface area contributed by atoms with Crippen LogP contribution in [-0.2, 0) is 11.4 Å². The van der Waals surface area contributed by atoms with E-state index in [1.165, 1.54) is 13.2 Å². The van der Waals surface area contributed by atoms with Crippen molar-refractivity contribution in [3.8, 4) is 17.6 Å². The molecule has 0 saturated heterocycles. The smallest absolute Gasteiger partial charge is 0.266 e. The van der Waals surface area contributed by atoms with E-state index < -0.39 is 5.91 Å². The van der Waals surface area contributed by atoms with Crippen LogP contribution in [0.25, 0.3) is 16.8 Å². The highest BCUT2D eigenvalue weighted by Gasteiger charge is 2.15. The molecular formula is C29H23ClN2O3. The van der Waals surface area contributed by atoms with E-state index in [9.17, 15) is 10.1 Å². The van der Waals surface area contributed by atoms with Crippen molar-refractivity contribution in [1.29, 1.82) is 5.26 Å². The lowest BCUT2D eigenvalue weighted by molar-refractivity contribution is -0.112. The number of nitriles is 1. The summed E-state index contributed by atoms with van der Waals surface area (Å²) in [7, 11) is 1.52. The molecule has 1 N–H and O–H groups in total. The number of hydrogen-bond donors (Lipinski definition) is 1. The Morgan fingerprint density at radius 2 is 1.80 bits per heavy atom. The van der Waals surface area contributed by atoms with Crippen LogP contribution in [0.3, 0.4) is 0 Å². The molecule has 0 fully saturated rings. The lowest BCUT2D eigenvalue weighted by Crippen LogP contribution is -2.13. The summed E-state index contributed by atoms with van der Waals surface area (Å²) in [6, 6.07) is 26.5. The van der Waals surface area contributed by atoms with Crippen molar-refractivity contribution >= 4 is 40.0 Å². The van der Waals surface area contributed by atoms with Crippen LogP contribution in [0.15, 0.2) is 84.4 Å². The number of amides is 1. The molecule has 5 nitrogen and oxygen atoms in total. The Balaban J connectivity index is 1.60. The highest BCUT2D eigenvalue weighted by atomic mass is 35.5. The van der Waals surface area contributed by atoms with Gasteiger partial charge in [-0.3, -0.25) is 4.79 Å². The molecule has 4 aromatic carbocycles. The molecule has 0 aliphatic rings. The second-order valence-corrected chi connectivity index (χ2v) is 8.30. The number of anilines is 1. The zero-order chi connectivity index (χ0) is 24.8. The van der Waals surface area contributed by atoms with Gasteiger partial charge in [0.15, 0.2) is 11.5 Å². The first kappa shape index (κ1) is 23.9. The third kappa shape index (κ3) is 5.46. The van der Waals surface area contributed by atoms with E-state index >= 15 is 0 Å². The summed E-state index contributed by atoms with van der Waals surface area (Å²) in [5, 5.41) is 14.8. The average Bonchev–Trinajstić information content (AvgIpc) is 2.87. The summed E-state index contributed by atoms with van der Waals surface area (Å²) in [6.45, 7) is 2.35. The summed E-state index contributed by atoms with van der Waals surface area (Å²) in [4.78, 5) is 12.6. The Morgan fingerprint density at radius 1 is 1.06 bits per heavy atom. The van der Waals surface area contributed by atoms with E-state index in [2.05, 4.69) is 29.6 Å². The summed E-state index contributed by atoms with van der Waals surface area (Å²) < 4.78 is 11.6. The third-order valence-corrected chi connectivity index (χ3v) is 5.88. The minimum atomic E-state index is -0.513. The van der Waals surface area contributed by atoms with Gasteiger partial charge in [-0.2, -0.15) is 5.26 Å². The number of methoxy groups -OCH3 is 1. The van der Waals surface area contributed by atoms with E-state index in [1.807, 2.05) is 31.2 Å². The lowest BCUT2D eigenvalue weighted by Gasteiger charge is -2.16. The number of halogens is 1. The highest BCUT2D eigenvalue weighted by Crippen LogP contribution is 2.38. The summed E-state index contributed by atoms with van der Waals surface area (Å²) in [5.41, 5.74) is 3.25. The van der Waals surface area contributed by atoms with Gasteiger partial charge in [-0.15, -0.1) is 0 Å². The van der Waals surface area contributed by atoms with Gasteiger partial charge in [0.1, 0.15) is 18.2 Å². The number of carbonyl (C=O) groups excluding carboxylic acids is 1. The molecule has 6 heteroatoms. The molecular weight excluding hydrogens is 460 g/mol. The minimum Gasteiger partial charge on any atom is -0.493 e. The topological polar surface area (TPSA) is 71.3 Å². The Labute approximate surface area is 209 Å². The quantitative estimate of drug-likeness (QED) is 0.229. The number of nitrogens with one attached hydrogen (secondary N) is 1. The van der Waals surface area contributed by atoms with E-state index in [0.717, 1.165) is 21.9 Å². The first-order chi connectivity index (χ1) is 17.0. The number of rotatable bonds is 7. The molecule has 0 aliphatic heterocycles. The van der Waals surface area contributed by atoms with Crippen molar-refractivity contribution < 1.29 is 14.3 Å². The molecule has 1 amide bonds. The summed E-state index contributed by atoms with van der Waals surface area (Å²) >= 11 is 6.56. The van der Waals surface area contributed by atoms with Crippen molar-refractivity contribution in [1.82, 2.24) is 0 Å². The SMILES string of the molecule is COc1cc(/C=C(\C#N)C(=O)Nc2ccccc2)cc(Cl)c1OCc1c(C)ccc2ccccc12. The van der Waals surface area contributed by atoms with Crippen molar-refractivity contribution in [2.45, 2.75) is 13.5 Å². The van der Waals surface area contributed by atoms with Gasteiger partial charge in [0, 0.05) is 11.3 Å². The number of carbonyl (C=O) groups is 1. The molecule has 174 valence electrons. The van der Waals surface area contributed by atoms with Crippen LogP contribution in [0.5, 0.6) is 11.5 Å². The first-order valence-electron chi connectivity index (χ1n) is 11.0. The molecule has 0 unspecified atom stereocenters. The predicted octanol–water partition coefficient (Wildman–Crippen LogP) is 6.93. The monoisotopic (exact) mass is 482 g/mol. The molecule has 35 heavy (non-hydrogen) atoms. The van der Waals surface area contributed by atoms with E-state index in [-0.39, 0.29) is 5.57 Å². The Kier molecular flexibility index (Phi) is 7.35. The molecule has 0 spiro atoms. The fraction of sp³-hybridized carbons (Fsp3) is 0.103. The number of aryl methyl sites for hydroxylation is 1. The maximum absolute atomic E-state index is 12.6. The standard InChI is InChI=1S/C29H23ClN2O3/c1-19-12-13-21-8-6-7-11-24(21)25(19)18-35-28-26(30)15-20(16-27(28)34-2)14-22(17-31)29(33)32-23-9-4-3-5-10-23/h3-16H,18H2,1-2H3,(H,32,33)/b22-14+. The molecule has 0 aromatic heterocycles. The normalized spacial score (nSPS) is 11.1. The van der Waals surface area contributed by atoms with E-state index in [0.29, 0.717) is 34.4 Å². The van der Waals surface area contributed by atoms with Crippen LogP contribution in [0.2, 0.25) is 5.02 Å². The molecule has 4 aromatic rings. The highest BCUT2D eigenvalue weighted by molar-refractivity contribution is 6.32. The lowest BCUT2D eigenvalue weighted by atomic mass is 10.0. The van der Waals surface area contributed by atoms with Gasteiger partial charge < -0.3 is 14.8 Å². The Morgan fingerprint density at radius 3 is 2.54 bits per heavy atom. The minimum absolute atomic E-state index is 0.0629. The van der Waals surface area contributed by atoms with Crippen LogP contribution in [0.1, 0.15) is 16.7 Å². The Hall–Kier alpha value is -4.27. The van der Waals surface area contributed by atoms with Crippen LogP contribution in [0, 0.1) is 18.3 Å². The molecule has 0 saturated carbocycles. The van der Waals surface area contributed by atoms with Gasteiger partial charge in [-0.05, 0) is 59.2 Å². The van der Waals surface area contributed by atoms with Crippen LogP contribution in [-0.4, -0.2) is 13.0 Å². The van der Waals surface area contributed by atoms with Gasteiger partial charge in [-0.1, -0.05) is 66.2 Å². The second kappa shape index (κ2) is 10.8. The first-order valence-corrected chi connectivity index (χ1v) is 11.3. The Bertz CT molecular complexity index is 1460. The predicted molar refractivity (Wildman–Crippen MR) is 140 cm³/mol. The number of benzene rings is 4. The zero-order valence-corrected chi connectivity index (χ0v) is 20.1. The van der Waals surface area contributed by atoms with Gasteiger partial charge in [0.25, 0.3) is 5.91 Å². The van der Waals surface area contributed by atoms with Crippen molar-refractivity contribution in [2.75, 3.05) is 12.4 Å². The number of nitrogens with zero attached hydrogens (tertiary/aromatic N) is 1. The van der Waals surface area contributed by atoms with Crippen molar-refractivity contribution in [2.24, 2.45) is 0 Å². The second-order valence-electron chi connectivity index (χ2n) is 7.89. The van der Waals surface area contributed by atoms with Gasteiger partial charge >= 0.3 is 0 Å². The van der Waals surface area contributed by atoms with E-state index in [1.54, 1.807) is 36.4 Å². The molecule has 0 radical (unpaired) electrons. The van der Waals surface area contributed by atoms with Crippen molar-refractivity contribution in [3.63, 3.8) is 0 Å². The zero-order valence-electron chi connectivity index (χ0n) is 19.3. The number of hydrogen-bond acceptors (Lipinski definition) is 4. The largest absolute Gasteiger partial charge is 0.493 e. The third-order valence-electron chi connectivity index (χ3n) is 5.60. The van der Waals surface area contributed by atoms with Gasteiger partial charge in [0.2, 0.25) is 0 Å². The summed E-state index contributed by atoms with van der Waals surface area (Å²) in [6.07, 6.45) is 1.46. The molecule has 0 bridgehead atoms. The molecule has 0 aliphatic carbocycles. The van der Waals surface area contributed by atoms with Gasteiger partial charge in [-0.25, -0.2) is 0 Å². The number of ether oxygens (including phenoxy) is 2. The number of para-hydroxylation sites is 1. The van der Waals surface area contributed by atoms with Crippen LogP contribution in [0.4, 0.5) is 5.69 Å². The fourth-order valence-electron chi connectivity index (χ4n) is 3.78. The number of fused-ring (bicyclic) bond motifs is 1. The molecule has 0 heterocycles. The van der Waals surface area contributed by atoms with Crippen LogP contribution >= 0.6 is 11.6 Å². The summed E-state index contributed by atoms with van der Waals surface area (Å²) in [5.74, 6) is 0.286. The van der Waals surface area contributed by atoms with E-state index in [4.69, 9.17) is 21.1 Å². The van der Waals surface area contributed by atoms with Crippen LogP contribution < -0.4 is 14.8 Å².